The van der Waals surface area contributed by atoms with Crippen molar-refractivity contribution in [1.82, 2.24) is 0 Å². The highest BCUT2D eigenvalue weighted by molar-refractivity contribution is 7.99. The molecule has 1 unspecified atom stereocenters. The molecule has 0 saturated carbocycles. The van der Waals surface area contributed by atoms with Crippen LogP contribution >= 0.6 is 11.8 Å². The summed E-state index contributed by atoms with van der Waals surface area (Å²) in [7, 11) is 0. The summed E-state index contributed by atoms with van der Waals surface area (Å²) < 4.78 is 25.9. The van der Waals surface area contributed by atoms with Crippen LogP contribution in [0.2, 0.25) is 0 Å². The molecule has 0 radical (unpaired) electrons. The van der Waals surface area contributed by atoms with E-state index in [2.05, 4.69) is 6.07 Å². The van der Waals surface area contributed by atoms with E-state index in [4.69, 9.17) is 5.73 Å². The predicted molar refractivity (Wildman–Crippen MR) is 79.6 cm³/mol. The molecule has 2 N–H and O–H groups in total. The Morgan fingerprint density at radius 3 is 2.43 bits per heavy atom. The van der Waals surface area contributed by atoms with Crippen LogP contribution in [-0.4, -0.2) is 5.75 Å². The lowest BCUT2D eigenvalue weighted by molar-refractivity contribution is 0.506. The van der Waals surface area contributed by atoms with Crippen LogP contribution in [0.4, 0.5) is 8.78 Å². The number of hydrogen-bond acceptors (Lipinski definition) is 3. The molecular formula is C16H14F2N2S. The molecule has 0 heterocycles. The van der Waals surface area contributed by atoms with Crippen molar-refractivity contribution in [2.75, 3.05) is 5.75 Å². The first-order valence-electron chi connectivity index (χ1n) is 6.39. The molecule has 0 aromatic heterocycles. The van der Waals surface area contributed by atoms with E-state index in [0.29, 0.717) is 17.1 Å². The van der Waals surface area contributed by atoms with Gasteiger partial charge in [0.25, 0.3) is 0 Å². The SMILES string of the molecule is N#CC(N)(CCSc1ccc(F)c(F)c1)c1ccccc1. The monoisotopic (exact) mass is 304 g/mol. The second kappa shape index (κ2) is 6.70. The van der Waals surface area contributed by atoms with Gasteiger partial charge < -0.3 is 5.73 Å². The zero-order valence-corrected chi connectivity index (χ0v) is 12.0. The van der Waals surface area contributed by atoms with Crippen molar-refractivity contribution in [2.24, 2.45) is 5.73 Å². The minimum atomic E-state index is -1.08. The number of nitrogens with zero attached hydrogens (tertiary/aromatic N) is 1. The summed E-state index contributed by atoms with van der Waals surface area (Å²) in [5, 5.41) is 9.32. The third kappa shape index (κ3) is 3.81. The number of hydrogen-bond donors (Lipinski definition) is 1. The third-order valence-corrected chi connectivity index (χ3v) is 4.14. The second-order valence-electron chi connectivity index (χ2n) is 4.62. The van der Waals surface area contributed by atoms with E-state index in [-0.39, 0.29) is 0 Å². The topological polar surface area (TPSA) is 49.8 Å². The maximum absolute atomic E-state index is 13.1. The van der Waals surface area contributed by atoms with Crippen LogP contribution in [0, 0.1) is 23.0 Å². The zero-order chi connectivity index (χ0) is 15.3. The summed E-state index contributed by atoms with van der Waals surface area (Å²) in [5.74, 6) is -1.21. The van der Waals surface area contributed by atoms with Gasteiger partial charge in [-0.3, -0.25) is 0 Å². The molecule has 2 aromatic rings. The Morgan fingerprint density at radius 2 is 1.81 bits per heavy atom. The van der Waals surface area contributed by atoms with E-state index < -0.39 is 17.2 Å². The van der Waals surface area contributed by atoms with Crippen LogP contribution in [0.3, 0.4) is 0 Å². The molecule has 1 atom stereocenters. The van der Waals surface area contributed by atoms with Crippen molar-refractivity contribution in [2.45, 2.75) is 16.9 Å². The van der Waals surface area contributed by atoms with Gasteiger partial charge in [-0.1, -0.05) is 30.3 Å². The van der Waals surface area contributed by atoms with Gasteiger partial charge in [-0.05, 0) is 30.2 Å². The second-order valence-corrected chi connectivity index (χ2v) is 5.79. The van der Waals surface area contributed by atoms with Crippen LogP contribution in [0.5, 0.6) is 0 Å². The summed E-state index contributed by atoms with van der Waals surface area (Å²) in [4.78, 5) is 0.613. The molecule has 2 aromatic carbocycles. The molecule has 0 aliphatic carbocycles. The normalized spacial score (nSPS) is 13.4. The molecule has 2 rings (SSSR count). The molecule has 0 spiro atoms. The van der Waals surface area contributed by atoms with Crippen LogP contribution in [0.1, 0.15) is 12.0 Å². The lowest BCUT2D eigenvalue weighted by Gasteiger charge is -2.21. The van der Waals surface area contributed by atoms with Crippen LogP contribution in [0.15, 0.2) is 53.4 Å². The van der Waals surface area contributed by atoms with E-state index >= 15 is 0 Å². The van der Waals surface area contributed by atoms with Crippen molar-refractivity contribution < 1.29 is 8.78 Å². The Bertz CT molecular complexity index is 655. The van der Waals surface area contributed by atoms with Crippen molar-refractivity contribution >= 4 is 11.8 Å². The maximum atomic E-state index is 13.1. The first-order valence-corrected chi connectivity index (χ1v) is 7.37. The van der Waals surface area contributed by atoms with Gasteiger partial charge in [0.05, 0.1) is 6.07 Å². The number of rotatable bonds is 5. The molecule has 0 fully saturated rings. The largest absolute Gasteiger partial charge is 0.310 e. The molecule has 0 aliphatic heterocycles. The summed E-state index contributed by atoms with van der Waals surface area (Å²) in [6.45, 7) is 0. The summed E-state index contributed by atoms with van der Waals surface area (Å²) >= 11 is 1.34. The van der Waals surface area contributed by atoms with E-state index in [1.807, 2.05) is 30.3 Å². The van der Waals surface area contributed by atoms with Gasteiger partial charge >= 0.3 is 0 Å². The van der Waals surface area contributed by atoms with Crippen molar-refractivity contribution in [3.8, 4) is 6.07 Å². The molecule has 0 bridgehead atoms. The van der Waals surface area contributed by atoms with Crippen LogP contribution in [-0.2, 0) is 5.54 Å². The lowest BCUT2D eigenvalue weighted by atomic mass is 9.90. The summed E-state index contributed by atoms with van der Waals surface area (Å²) in [6.07, 6.45) is 0.414. The fourth-order valence-corrected chi connectivity index (χ4v) is 2.91. The highest BCUT2D eigenvalue weighted by Crippen LogP contribution is 2.27. The van der Waals surface area contributed by atoms with Gasteiger partial charge in [0.1, 0.15) is 5.54 Å². The molecule has 0 amide bonds. The van der Waals surface area contributed by atoms with Gasteiger partial charge in [-0.25, -0.2) is 8.78 Å². The zero-order valence-electron chi connectivity index (χ0n) is 11.2. The number of nitrogens with two attached hydrogens (primary N) is 1. The molecule has 21 heavy (non-hydrogen) atoms. The van der Waals surface area contributed by atoms with E-state index in [1.165, 1.54) is 17.8 Å². The van der Waals surface area contributed by atoms with Gasteiger partial charge in [0, 0.05) is 10.6 Å². The first kappa shape index (κ1) is 15.5. The smallest absolute Gasteiger partial charge is 0.159 e. The standard InChI is InChI=1S/C16H14F2N2S/c17-14-7-6-13(10-15(14)18)21-9-8-16(20,11-19)12-4-2-1-3-5-12/h1-7,10H,8-9,20H2. The van der Waals surface area contributed by atoms with E-state index in [9.17, 15) is 14.0 Å². The number of thioether (sulfide) groups is 1. The predicted octanol–water partition coefficient (Wildman–Crippen LogP) is 3.82. The Hall–Kier alpha value is -1.90. The average Bonchev–Trinajstić information content (AvgIpc) is 2.51. The number of halogens is 2. The molecule has 108 valence electrons. The van der Waals surface area contributed by atoms with Crippen molar-refractivity contribution in [3.05, 3.63) is 65.7 Å². The minimum Gasteiger partial charge on any atom is -0.310 e. The fourth-order valence-electron chi connectivity index (χ4n) is 1.90. The Balaban J connectivity index is 2.01. The Morgan fingerprint density at radius 1 is 1.10 bits per heavy atom. The summed E-state index contributed by atoms with van der Waals surface area (Å²) in [6, 6.07) is 15.0. The van der Waals surface area contributed by atoms with Crippen LogP contribution < -0.4 is 5.73 Å². The Labute approximate surface area is 126 Å². The van der Waals surface area contributed by atoms with Crippen molar-refractivity contribution in [3.63, 3.8) is 0 Å². The van der Waals surface area contributed by atoms with Crippen molar-refractivity contribution in [1.29, 1.82) is 5.26 Å². The lowest BCUT2D eigenvalue weighted by Crippen LogP contribution is -2.35. The van der Waals surface area contributed by atoms with Gasteiger partial charge in [-0.2, -0.15) is 5.26 Å². The summed E-state index contributed by atoms with van der Waals surface area (Å²) in [5.41, 5.74) is 5.80. The fraction of sp³-hybridized carbons (Fsp3) is 0.188. The maximum Gasteiger partial charge on any atom is 0.159 e. The number of benzene rings is 2. The molecule has 5 heteroatoms. The minimum absolute atomic E-state index is 0.414. The van der Waals surface area contributed by atoms with Gasteiger partial charge in [0.2, 0.25) is 0 Å². The van der Waals surface area contributed by atoms with Gasteiger partial charge in [-0.15, -0.1) is 11.8 Å². The van der Waals surface area contributed by atoms with Crippen LogP contribution in [0.25, 0.3) is 0 Å². The van der Waals surface area contributed by atoms with Gasteiger partial charge in [0.15, 0.2) is 11.6 Å². The third-order valence-electron chi connectivity index (χ3n) is 3.14. The highest BCUT2D eigenvalue weighted by atomic mass is 32.2. The van der Waals surface area contributed by atoms with E-state index in [1.54, 1.807) is 0 Å². The highest BCUT2D eigenvalue weighted by Gasteiger charge is 2.26. The molecule has 2 nitrogen and oxygen atoms in total. The Kier molecular flexibility index (Phi) is 4.94. The molecular weight excluding hydrogens is 290 g/mol. The molecule has 0 aliphatic rings. The van der Waals surface area contributed by atoms with E-state index in [0.717, 1.165) is 17.7 Å². The number of nitriles is 1. The quantitative estimate of drug-likeness (QED) is 0.854. The first-order chi connectivity index (χ1) is 10.0. The molecule has 0 saturated heterocycles. The average molecular weight is 304 g/mol.